The summed E-state index contributed by atoms with van der Waals surface area (Å²) in [5.41, 5.74) is 3.44. The molecule has 2 heteroatoms. The summed E-state index contributed by atoms with van der Waals surface area (Å²) in [5, 5.41) is 14.0. The lowest BCUT2D eigenvalue weighted by molar-refractivity contribution is 0.475. The van der Waals surface area contributed by atoms with Gasteiger partial charge >= 0.3 is 0 Å². The van der Waals surface area contributed by atoms with Crippen LogP contribution in [0.15, 0.2) is 140 Å². The highest BCUT2D eigenvalue weighted by atomic mass is 31.2. The number of phenols is 1. The van der Waals surface area contributed by atoms with Crippen LogP contribution in [0.25, 0.3) is 11.1 Å². The van der Waals surface area contributed by atoms with Crippen LogP contribution in [0.3, 0.4) is 0 Å². The molecule has 160 valence electrons. The van der Waals surface area contributed by atoms with Crippen LogP contribution in [0.1, 0.15) is 5.56 Å². The van der Waals surface area contributed by atoms with Gasteiger partial charge in [0.25, 0.3) is 0 Å². The minimum absolute atomic E-state index is 0.291. The summed E-state index contributed by atoms with van der Waals surface area (Å²) < 4.78 is 0. The Labute approximate surface area is 196 Å². The van der Waals surface area contributed by atoms with Gasteiger partial charge in [-0.05, 0) is 65.2 Å². The summed E-state index contributed by atoms with van der Waals surface area (Å²) >= 11 is 0. The lowest BCUT2D eigenvalue weighted by Crippen LogP contribution is -2.32. The third-order valence-electron chi connectivity index (χ3n) is 6.14. The monoisotopic (exact) mass is 445 g/mol. The Hall–Kier alpha value is -3.67. The van der Waals surface area contributed by atoms with Gasteiger partial charge < -0.3 is 5.11 Å². The maximum absolute atomic E-state index is 9.86. The smallest absolute Gasteiger partial charge is 0.116 e. The van der Waals surface area contributed by atoms with E-state index in [1.54, 1.807) is 6.07 Å². The van der Waals surface area contributed by atoms with Crippen LogP contribution in [-0.2, 0) is 6.16 Å². The van der Waals surface area contributed by atoms with Crippen molar-refractivity contribution in [1.82, 2.24) is 0 Å². The van der Waals surface area contributed by atoms with Crippen LogP contribution in [0.4, 0.5) is 0 Å². The zero-order valence-electron chi connectivity index (χ0n) is 18.4. The summed E-state index contributed by atoms with van der Waals surface area (Å²) in [6.45, 7) is 0. The van der Waals surface area contributed by atoms with Gasteiger partial charge in [0.15, 0.2) is 0 Å². The van der Waals surface area contributed by atoms with Crippen molar-refractivity contribution in [3.05, 3.63) is 145 Å². The predicted octanol–water partition coefficient (Wildman–Crippen LogP) is 6.55. The SMILES string of the molecule is Oc1cccc(-c2ccc(C[P+](c3ccccc3)(c3ccccc3)c3ccccc3)cc2)c1. The molecule has 0 unspecified atom stereocenters. The Balaban J connectivity index is 1.64. The van der Waals surface area contributed by atoms with Gasteiger partial charge in [0.2, 0.25) is 0 Å². The summed E-state index contributed by atoms with van der Waals surface area (Å²) in [5.74, 6) is 0.291. The molecule has 0 spiro atoms. The molecule has 1 nitrogen and oxygen atoms in total. The molecule has 0 bridgehead atoms. The highest BCUT2D eigenvalue weighted by Crippen LogP contribution is 2.58. The number of hydrogen-bond donors (Lipinski definition) is 1. The van der Waals surface area contributed by atoms with Gasteiger partial charge in [0, 0.05) is 0 Å². The van der Waals surface area contributed by atoms with E-state index in [-0.39, 0.29) is 0 Å². The van der Waals surface area contributed by atoms with Crippen LogP contribution < -0.4 is 15.9 Å². The molecule has 0 aromatic heterocycles. The number of phenolic OH excluding ortho intramolecular Hbond substituents is 1. The van der Waals surface area contributed by atoms with Crippen LogP contribution in [0.2, 0.25) is 0 Å². The standard InChI is InChI=1S/C31H25OP/c32-28-12-10-11-27(23-28)26-21-19-25(20-22-26)24-33(29-13-4-1-5-14-29,30-15-6-2-7-16-30)31-17-8-3-9-18-31/h1-23H,24H2/p+1. The largest absolute Gasteiger partial charge is 0.508 e. The van der Waals surface area contributed by atoms with Crippen LogP contribution in [-0.4, -0.2) is 5.11 Å². The van der Waals surface area contributed by atoms with Crippen LogP contribution >= 0.6 is 7.26 Å². The molecule has 0 atom stereocenters. The average Bonchev–Trinajstić information content (AvgIpc) is 2.89. The van der Waals surface area contributed by atoms with Crippen molar-refractivity contribution < 1.29 is 5.11 Å². The van der Waals surface area contributed by atoms with E-state index in [0.717, 1.165) is 17.3 Å². The molecule has 0 heterocycles. The second-order valence-corrected chi connectivity index (χ2v) is 11.7. The zero-order chi connectivity index (χ0) is 22.5. The van der Waals surface area contributed by atoms with Gasteiger partial charge in [-0.15, -0.1) is 0 Å². The minimum atomic E-state index is -1.91. The molecule has 5 aromatic rings. The van der Waals surface area contributed by atoms with Gasteiger partial charge in [-0.3, -0.25) is 0 Å². The van der Waals surface area contributed by atoms with E-state index >= 15 is 0 Å². The van der Waals surface area contributed by atoms with Gasteiger partial charge in [-0.2, -0.15) is 0 Å². The van der Waals surface area contributed by atoms with Crippen LogP contribution in [0, 0.1) is 0 Å². The second-order valence-electron chi connectivity index (χ2n) is 8.22. The molecule has 0 saturated carbocycles. The molecule has 33 heavy (non-hydrogen) atoms. The number of rotatable bonds is 6. The summed E-state index contributed by atoms with van der Waals surface area (Å²) in [6, 6.07) is 49.2. The maximum atomic E-state index is 9.86. The third kappa shape index (κ3) is 4.33. The van der Waals surface area contributed by atoms with Crippen molar-refractivity contribution in [2.45, 2.75) is 6.16 Å². The van der Waals surface area contributed by atoms with Crippen molar-refractivity contribution in [3.8, 4) is 16.9 Å². The summed E-state index contributed by atoms with van der Waals surface area (Å²) in [7, 11) is -1.91. The Morgan fingerprint density at radius 1 is 0.455 bits per heavy atom. The molecular formula is C31H26OP+. The fourth-order valence-corrected chi connectivity index (χ4v) is 8.77. The number of hydrogen-bond acceptors (Lipinski definition) is 1. The van der Waals surface area contributed by atoms with E-state index < -0.39 is 7.26 Å². The highest BCUT2D eigenvalue weighted by molar-refractivity contribution is 7.95. The first kappa shape index (κ1) is 21.2. The lowest BCUT2D eigenvalue weighted by Gasteiger charge is -2.28. The molecule has 0 radical (unpaired) electrons. The molecule has 5 rings (SSSR count). The van der Waals surface area contributed by atoms with E-state index in [2.05, 4.69) is 115 Å². The van der Waals surface area contributed by atoms with E-state index in [9.17, 15) is 5.11 Å². The first-order valence-corrected chi connectivity index (χ1v) is 13.2. The topological polar surface area (TPSA) is 20.2 Å². The normalized spacial score (nSPS) is 11.3. The Morgan fingerprint density at radius 2 is 0.939 bits per heavy atom. The minimum Gasteiger partial charge on any atom is -0.508 e. The van der Waals surface area contributed by atoms with E-state index in [1.807, 2.05) is 18.2 Å². The Bertz CT molecular complexity index is 1220. The van der Waals surface area contributed by atoms with E-state index in [0.29, 0.717) is 5.75 Å². The Kier molecular flexibility index (Phi) is 6.07. The number of benzene rings is 5. The fourth-order valence-electron chi connectivity index (χ4n) is 4.53. The first-order valence-electron chi connectivity index (χ1n) is 11.2. The van der Waals surface area contributed by atoms with E-state index in [4.69, 9.17) is 0 Å². The maximum Gasteiger partial charge on any atom is 0.116 e. The molecular weight excluding hydrogens is 419 g/mol. The van der Waals surface area contributed by atoms with Gasteiger partial charge in [0.05, 0.1) is 6.16 Å². The van der Waals surface area contributed by atoms with Crippen LogP contribution in [0.5, 0.6) is 5.75 Å². The predicted molar refractivity (Wildman–Crippen MR) is 142 cm³/mol. The molecule has 1 N–H and O–H groups in total. The first-order chi connectivity index (χ1) is 16.3. The molecule has 0 aliphatic rings. The number of aromatic hydroxyl groups is 1. The van der Waals surface area contributed by atoms with Crippen molar-refractivity contribution in [2.75, 3.05) is 0 Å². The average molecular weight is 446 g/mol. The van der Waals surface area contributed by atoms with Gasteiger partial charge in [0.1, 0.15) is 28.9 Å². The molecule has 0 aliphatic heterocycles. The van der Waals surface area contributed by atoms with Crippen molar-refractivity contribution in [2.24, 2.45) is 0 Å². The Morgan fingerprint density at radius 3 is 1.39 bits per heavy atom. The van der Waals surface area contributed by atoms with E-state index in [1.165, 1.54) is 21.5 Å². The molecule has 0 fully saturated rings. The van der Waals surface area contributed by atoms with Crippen molar-refractivity contribution in [3.63, 3.8) is 0 Å². The van der Waals surface area contributed by atoms with Crippen molar-refractivity contribution in [1.29, 1.82) is 0 Å². The third-order valence-corrected chi connectivity index (χ3v) is 10.5. The quantitative estimate of drug-likeness (QED) is 0.294. The van der Waals surface area contributed by atoms with Gasteiger partial charge in [-0.1, -0.05) is 91.0 Å². The molecule has 0 aliphatic carbocycles. The lowest BCUT2D eigenvalue weighted by atomic mass is 10.0. The molecule has 5 aromatic carbocycles. The molecule has 0 amide bonds. The van der Waals surface area contributed by atoms with Gasteiger partial charge in [-0.25, -0.2) is 0 Å². The zero-order valence-corrected chi connectivity index (χ0v) is 19.3. The fraction of sp³-hybridized carbons (Fsp3) is 0.0323. The summed E-state index contributed by atoms with van der Waals surface area (Å²) in [6.07, 6.45) is 0.950. The van der Waals surface area contributed by atoms with Crippen molar-refractivity contribution >= 4 is 23.2 Å². The highest BCUT2D eigenvalue weighted by Gasteiger charge is 2.45. The summed E-state index contributed by atoms with van der Waals surface area (Å²) in [4.78, 5) is 0. The second kappa shape index (κ2) is 9.45. The molecule has 0 saturated heterocycles.